The summed E-state index contributed by atoms with van der Waals surface area (Å²) in [6, 6.07) is 10.0. The van der Waals surface area contributed by atoms with Crippen LogP contribution in [-0.2, 0) is 13.0 Å². The topological polar surface area (TPSA) is 29.5 Å². The van der Waals surface area contributed by atoms with E-state index in [0.717, 1.165) is 22.6 Å². The molecule has 0 fully saturated rings. The van der Waals surface area contributed by atoms with Crippen LogP contribution in [0.4, 0.5) is 0 Å². The van der Waals surface area contributed by atoms with Gasteiger partial charge in [0.2, 0.25) is 0 Å². The van der Waals surface area contributed by atoms with Crippen molar-refractivity contribution in [2.45, 2.75) is 20.0 Å². The van der Waals surface area contributed by atoms with E-state index in [1.807, 2.05) is 29.6 Å². The van der Waals surface area contributed by atoms with Crippen molar-refractivity contribution >= 4 is 11.3 Å². The highest BCUT2D eigenvalue weighted by Gasteiger charge is 2.05. The third-order valence-electron chi connectivity index (χ3n) is 2.76. The van der Waals surface area contributed by atoms with Gasteiger partial charge in [-0.25, -0.2) is 0 Å². The summed E-state index contributed by atoms with van der Waals surface area (Å²) in [5.74, 6) is 6.54. The molecule has 0 amide bonds. The third-order valence-corrected chi connectivity index (χ3v) is 3.65. The molecular formula is C16H16O2S. The van der Waals surface area contributed by atoms with Gasteiger partial charge in [0.05, 0.1) is 4.88 Å². The Labute approximate surface area is 117 Å². The first-order chi connectivity index (χ1) is 9.35. The van der Waals surface area contributed by atoms with E-state index in [1.165, 1.54) is 5.56 Å². The van der Waals surface area contributed by atoms with Gasteiger partial charge in [-0.05, 0) is 29.5 Å². The molecule has 1 aromatic heterocycles. The quantitative estimate of drug-likeness (QED) is 0.866. The van der Waals surface area contributed by atoms with Gasteiger partial charge in [0.15, 0.2) is 0 Å². The van der Waals surface area contributed by atoms with E-state index in [0.29, 0.717) is 6.61 Å². The SMILES string of the molecule is CCc1ccccc1OCc1sccc1C#CCO. The maximum atomic E-state index is 8.73. The number of rotatable bonds is 4. The molecular weight excluding hydrogens is 256 g/mol. The minimum Gasteiger partial charge on any atom is -0.488 e. The Hall–Kier alpha value is -1.76. The number of hydrogen-bond donors (Lipinski definition) is 1. The molecule has 1 heterocycles. The van der Waals surface area contributed by atoms with Gasteiger partial charge < -0.3 is 9.84 Å². The normalized spacial score (nSPS) is 9.79. The molecule has 1 N–H and O–H groups in total. The molecule has 0 saturated heterocycles. The summed E-state index contributed by atoms with van der Waals surface area (Å²) in [6.45, 7) is 2.52. The van der Waals surface area contributed by atoms with Gasteiger partial charge in [0.1, 0.15) is 19.0 Å². The molecule has 0 radical (unpaired) electrons. The largest absolute Gasteiger partial charge is 0.488 e. The minimum absolute atomic E-state index is 0.116. The summed E-state index contributed by atoms with van der Waals surface area (Å²) in [5, 5.41) is 10.7. The van der Waals surface area contributed by atoms with Crippen molar-refractivity contribution in [1.29, 1.82) is 0 Å². The number of aryl methyl sites for hydroxylation is 1. The lowest BCUT2D eigenvalue weighted by Gasteiger charge is -2.09. The second-order valence-electron chi connectivity index (χ2n) is 3.97. The molecule has 0 unspecified atom stereocenters. The molecule has 0 aliphatic carbocycles. The van der Waals surface area contributed by atoms with Crippen molar-refractivity contribution in [3.63, 3.8) is 0 Å². The first kappa shape index (κ1) is 13.7. The number of benzene rings is 1. The number of thiophene rings is 1. The van der Waals surface area contributed by atoms with Gasteiger partial charge in [0.25, 0.3) is 0 Å². The maximum absolute atomic E-state index is 8.73. The second kappa shape index (κ2) is 6.98. The first-order valence-electron chi connectivity index (χ1n) is 6.22. The summed E-state index contributed by atoms with van der Waals surface area (Å²) in [6.07, 6.45) is 0.956. The molecule has 0 bridgehead atoms. The van der Waals surface area contributed by atoms with E-state index >= 15 is 0 Å². The minimum atomic E-state index is -0.116. The second-order valence-corrected chi connectivity index (χ2v) is 4.97. The van der Waals surface area contributed by atoms with Crippen LogP contribution in [0, 0.1) is 11.8 Å². The third kappa shape index (κ3) is 3.60. The molecule has 3 heteroatoms. The lowest BCUT2D eigenvalue weighted by molar-refractivity contribution is 0.306. The van der Waals surface area contributed by atoms with Crippen LogP contribution in [0.1, 0.15) is 22.9 Å². The molecule has 2 aromatic rings. The summed E-state index contributed by atoms with van der Waals surface area (Å²) < 4.78 is 5.87. The van der Waals surface area contributed by atoms with Gasteiger partial charge in [-0.15, -0.1) is 11.3 Å². The van der Waals surface area contributed by atoms with Crippen LogP contribution in [-0.4, -0.2) is 11.7 Å². The standard InChI is InChI=1S/C16H16O2S/c1-2-13-6-3-4-8-15(13)18-12-16-14(7-5-10-17)9-11-19-16/h3-4,6,8-9,11,17H,2,10,12H2,1H3. The van der Waals surface area contributed by atoms with Crippen molar-refractivity contribution in [2.75, 3.05) is 6.61 Å². The van der Waals surface area contributed by atoms with Gasteiger partial charge in [-0.1, -0.05) is 37.0 Å². The first-order valence-corrected chi connectivity index (χ1v) is 7.10. The van der Waals surface area contributed by atoms with Crippen LogP contribution in [0.25, 0.3) is 0 Å². The smallest absolute Gasteiger partial charge is 0.124 e. The molecule has 2 rings (SSSR count). The monoisotopic (exact) mass is 272 g/mol. The molecule has 0 saturated carbocycles. The van der Waals surface area contributed by atoms with Crippen LogP contribution in [0.15, 0.2) is 35.7 Å². The highest BCUT2D eigenvalue weighted by molar-refractivity contribution is 7.10. The maximum Gasteiger partial charge on any atom is 0.124 e. The molecule has 1 aromatic carbocycles. The Bertz CT molecular complexity index is 590. The Balaban J connectivity index is 2.08. The van der Waals surface area contributed by atoms with Gasteiger partial charge >= 0.3 is 0 Å². The fourth-order valence-electron chi connectivity index (χ4n) is 1.78. The zero-order valence-electron chi connectivity index (χ0n) is 10.8. The van der Waals surface area contributed by atoms with E-state index in [2.05, 4.69) is 24.8 Å². The molecule has 98 valence electrons. The fourth-order valence-corrected chi connectivity index (χ4v) is 2.52. The summed E-state index contributed by atoms with van der Waals surface area (Å²) in [7, 11) is 0. The fraction of sp³-hybridized carbons (Fsp3) is 0.250. The number of ether oxygens (including phenoxy) is 1. The molecule has 0 atom stereocenters. The number of aliphatic hydroxyl groups is 1. The van der Waals surface area contributed by atoms with E-state index in [9.17, 15) is 0 Å². The van der Waals surface area contributed by atoms with Gasteiger partial charge in [-0.3, -0.25) is 0 Å². The number of hydrogen-bond acceptors (Lipinski definition) is 3. The summed E-state index contributed by atoms with van der Waals surface area (Å²) >= 11 is 1.62. The predicted octanol–water partition coefficient (Wildman–Crippen LogP) is 3.23. The Kier molecular flexibility index (Phi) is 5.02. The molecule has 0 aliphatic rings. The molecule has 0 spiro atoms. The average molecular weight is 272 g/mol. The Morgan fingerprint density at radius 1 is 1.26 bits per heavy atom. The van der Waals surface area contributed by atoms with Crippen LogP contribution in [0.3, 0.4) is 0 Å². The lowest BCUT2D eigenvalue weighted by Crippen LogP contribution is -1.97. The van der Waals surface area contributed by atoms with Gasteiger partial charge in [-0.2, -0.15) is 0 Å². The van der Waals surface area contributed by atoms with E-state index < -0.39 is 0 Å². The van der Waals surface area contributed by atoms with Crippen molar-refractivity contribution in [3.8, 4) is 17.6 Å². The van der Waals surface area contributed by atoms with Crippen molar-refractivity contribution in [3.05, 3.63) is 51.7 Å². The van der Waals surface area contributed by atoms with Crippen molar-refractivity contribution in [1.82, 2.24) is 0 Å². The molecule has 0 aliphatic heterocycles. The molecule has 19 heavy (non-hydrogen) atoms. The average Bonchev–Trinajstić information content (AvgIpc) is 2.90. The zero-order chi connectivity index (χ0) is 13.5. The summed E-state index contributed by atoms with van der Waals surface area (Å²) in [5.41, 5.74) is 2.15. The highest BCUT2D eigenvalue weighted by atomic mass is 32.1. The summed E-state index contributed by atoms with van der Waals surface area (Å²) in [4.78, 5) is 1.09. The lowest BCUT2D eigenvalue weighted by atomic mass is 10.1. The number of aliphatic hydroxyl groups excluding tert-OH is 1. The Morgan fingerprint density at radius 2 is 2.11 bits per heavy atom. The van der Waals surface area contributed by atoms with Gasteiger partial charge in [0, 0.05) is 5.56 Å². The van der Waals surface area contributed by atoms with Crippen molar-refractivity contribution in [2.24, 2.45) is 0 Å². The van der Waals surface area contributed by atoms with E-state index in [1.54, 1.807) is 11.3 Å². The van der Waals surface area contributed by atoms with Crippen molar-refractivity contribution < 1.29 is 9.84 Å². The number of para-hydroxylation sites is 1. The zero-order valence-corrected chi connectivity index (χ0v) is 11.7. The predicted molar refractivity (Wildman–Crippen MR) is 78.4 cm³/mol. The van der Waals surface area contributed by atoms with Crippen LogP contribution in [0.2, 0.25) is 0 Å². The van der Waals surface area contributed by atoms with E-state index in [-0.39, 0.29) is 6.61 Å². The molecule has 2 nitrogen and oxygen atoms in total. The van der Waals surface area contributed by atoms with E-state index in [4.69, 9.17) is 9.84 Å². The van der Waals surface area contributed by atoms with Crippen LogP contribution in [0.5, 0.6) is 5.75 Å². The van der Waals surface area contributed by atoms with Crippen LogP contribution >= 0.6 is 11.3 Å². The highest BCUT2D eigenvalue weighted by Crippen LogP contribution is 2.22. The van der Waals surface area contributed by atoms with Crippen LogP contribution < -0.4 is 4.74 Å². The Morgan fingerprint density at radius 3 is 2.89 bits per heavy atom.